The number of hydrogen-bond acceptors (Lipinski definition) is 3. The largest absolute Gasteiger partial charge is 0.361 e. The van der Waals surface area contributed by atoms with Crippen molar-refractivity contribution in [3.05, 3.63) is 56.7 Å². The minimum Gasteiger partial charge on any atom is -0.361 e. The summed E-state index contributed by atoms with van der Waals surface area (Å²) in [5, 5.41) is 1.29. The molecule has 6 heteroatoms. The molecule has 1 aliphatic heterocycles. The van der Waals surface area contributed by atoms with E-state index in [4.69, 9.17) is 12.2 Å². The molecule has 2 aromatic heterocycles. The fourth-order valence-corrected chi connectivity index (χ4v) is 3.61. The number of halogens is 1. The molecule has 0 radical (unpaired) electrons. The molecule has 1 aliphatic rings. The van der Waals surface area contributed by atoms with Crippen molar-refractivity contribution in [3.8, 4) is 0 Å². The van der Waals surface area contributed by atoms with Crippen LogP contribution in [0.3, 0.4) is 0 Å². The van der Waals surface area contributed by atoms with Crippen LogP contribution in [0.1, 0.15) is 16.8 Å². The molecule has 3 aromatic rings. The van der Waals surface area contributed by atoms with Crippen molar-refractivity contribution in [1.82, 2.24) is 19.9 Å². The highest BCUT2D eigenvalue weighted by Gasteiger charge is 2.18. The Bertz CT molecular complexity index is 899. The van der Waals surface area contributed by atoms with E-state index in [1.54, 1.807) is 0 Å². The first-order chi connectivity index (χ1) is 10.7. The maximum absolute atomic E-state index is 5.10. The van der Waals surface area contributed by atoms with Gasteiger partial charge in [0.15, 0.2) is 4.77 Å². The Balaban J connectivity index is 1.59. The second-order valence-electron chi connectivity index (χ2n) is 5.66. The van der Waals surface area contributed by atoms with Crippen LogP contribution >= 0.6 is 28.1 Å². The van der Waals surface area contributed by atoms with Crippen LogP contribution in [0, 0.1) is 4.77 Å². The lowest BCUT2D eigenvalue weighted by Crippen LogP contribution is -2.30. The molecule has 112 valence electrons. The van der Waals surface area contributed by atoms with Gasteiger partial charge in [-0.05, 0) is 29.9 Å². The quantitative estimate of drug-likeness (QED) is 0.667. The third kappa shape index (κ3) is 2.62. The molecule has 0 saturated carbocycles. The Hall–Kier alpha value is -1.50. The van der Waals surface area contributed by atoms with Gasteiger partial charge in [-0.3, -0.25) is 4.90 Å². The molecule has 0 aliphatic carbocycles. The molecule has 0 spiro atoms. The van der Waals surface area contributed by atoms with Crippen molar-refractivity contribution >= 4 is 39.1 Å². The maximum atomic E-state index is 5.10. The van der Waals surface area contributed by atoms with Gasteiger partial charge in [0.05, 0.1) is 0 Å². The van der Waals surface area contributed by atoms with E-state index in [2.05, 4.69) is 60.2 Å². The summed E-state index contributed by atoms with van der Waals surface area (Å²) >= 11 is 8.61. The zero-order chi connectivity index (χ0) is 15.1. The van der Waals surface area contributed by atoms with Gasteiger partial charge < -0.3 is 9.97 Å². The minimum absolute atomic E-state index is 0.578. The molecule has 0 bridgehead atoms. The predicted octanol–water partition coefficient (Wildman–Crippen LogP) is 3.94. The number of rotatable bonds is 2. The summed E-state index contributed by atoms with van der Waals surface area (Å²) in [4.78, 5) is 13.2. The Morgan fingerprint density at radius 3 is 3.18 bits per heavy atom. The van der Waals surface area contributed by atoms with E-state index in [0.29, 0.717) is 4.77 Å². The van der Waals surface area contributed by atoms with Gasteiger partial charge in [-0.15, -0.1) is 0 Å². The molecule has 1 aromatic carbocycles. The number of fused-ring (bicyclic) bond motifs is 2. The van der Waals surface area contributed by atoms with Crippen LogP contribution in [0.4, 0.5) is 0 Å². The van der Waals surface area contributed by atoms with Gasteiger partial charge in [0, 0.05) is 65.1 Å². The Morgan fingerprint density at radius 2 is 2.27 bits per heavy atom. The van der Waals surface area contributed by atoms with Crippen LogP contribution in [0.25, 0.3) is 10.9 Å². The molecular formula is C16H15BrN4S. The van der Waals surface area contributed by atoms with Gasteiger partial charge in [0.2, 0.25) is 0 Å². The van der Waals surface area contributed by atoms with Gasteiger partial charge in [-0.1, -0.05) is 22.0 Å². The van der Waals surface area contributed by atoms with Crippen LogP contribution < -0.4 is 0 Å². The van der Waals surface area contributed by atoms with E-state index in [-0.39, 0.29) is 0 Å². The second-order valence-corrected chi connectivity index (χ2v) is 6.96. The first-order valence-electron chi connectivity index (χ1n) is 7.24. The first-order valence-corrected chi connectivity index (χ1v) is 8.44. The second kappa shape index (κ2) is 5.61. The van der Waals surface area contributed by atoms with Crippen molar-refractivity contribution in [3.63, 3.8) is 0 Å². The lowest BCUT2D eigenvalue weighted by Gasteiger charge is -2.27. The van der Waals surface area contributed by atoms with Gasteiger partial charge >= 0.3 is 0 Å². The number of aromatic nitrogens is 3. The number of nitrogens with one attached hydrogen (secondary N) is 2. The minimum atomic E-state index is 0.578. The third-order valence-electron chi connectivity index (χ3n) is 4.18. The van der Waals surface area contributed by atoms with E-state index >= 15 is 0 Å². The van der Waals surface area contributed by atoms with Crippen LogP contribution in [0.15, 0.2) is 35.1 Å². The van der Waals surface area contributed by atoms with Crippen LogP contribution in [0.5, 0.6) is 0 Å². The molecular weight excluding hydrogens is 360 g/mol. The zero-order valence-corrected chi connectivity index (χ0v) is 14.3. The summed E-state index contributed by atoms with van der Waals surface area (Å²) in [5.41, 5.74) is 5.00. The van der Waals surface area contributed by atoms with Crippen molar-refractivity contribution in [2.45, 2.75) is 19.5 Å². The van der Waals surface area contributed by atoms with Gasteiger partial charge in [-0.2, -0.15) is 0 Å². The van der Waals surface area contributed by atoms with E-state index in [1.165, 1.54) is 27.7 Å². The lowest BCUT2D eigenvalue weighted by atomic mass is 10.1. The molecule has 4 nitrogen and oxygen atoms in total. The van der Waals surface area contributed by atoms with Crippen LogP contribution in [0.2, 0.25) is 0 Å². The molecule has 0 fully saturated rings. The highest BCUT2D eigenvalue weighted by atomic mass is 79.9. The van der Waals surface area contributed by atoms with Crippen LogP contribution in [-0.4, -0.2) is 26.4 Å². The maximum Gasteiger partial charge on any atom is 0.196 e. The lowest BCUT2D eigenvalue weighted by molar-refractivity contribution is 0.243. The average Bonchev–Trinajstić information content (AvgIpc) is 2.89. The SMILES string of the molecule is S=c1ncc2c([nH]1)CCN(Cc1c[nH]c3cc(Br)ccc13)C2. The van der Waals surface area contributed by atoms with Crippen LogP contribution in [-0.2, 0) is 19.5 Å². The number of aromatic amines is 2. The average molecular weight is 375 g/mol. The normalized spacial score (nSPS) is 15.1. The van der Waals surface area contributed by atoms with Crippen molar-refractivity contribution in [2.75, 3.05) is 6.54 Å². The topological polar surface area (TPSA) is 47.7 Å². The fraction of sp³-hybridized carbons (Fsp3) is 0.250. The smallest absolute Gasteiger partial charge is 0.196 e. The van der Waals surface area contributed by atoms with E-state index in [0.717, 1.165) is 30.5 Å². The third-order valence-corrected chi connectivity index (χ3v) is 4.88. The highest BCUT2D eigenvalue weighted by Crippen LogP contribution is 2.25. The highest BCUT2D eigenvalue weighted by molar-refractivity contribution is 9.10. The van der Waals surface area contributed by atoms with E-state index < -0.39 is 0 Å². The number of H-pyrrole nitrogens is 2. The number of benzene rings is 1. The summed E-state index contributed by atoms with van der Waals surface area (Å²) in [6.07, 6.45) is 5.02. The molecule has 0 atom stereocenters. The summed E-state index contributed by atoms with van der Waals surface area (Å²) in [7, 11) is 0. The van der Waals surface area contributed by atoms with Gasteiger partial charge in [0.25, 0.3) is 0 Å². The molecule has 0 amide bonds. The van der Waals surface area contributed by atoms with Gasteiger partial charge in [-0.25, -0.2) is 4.98 Å². The molecule has 3 heterocycles. The van der Waals surface area contributed by atoms with Crippen molar-refractivity contribution < 1.29 is 0 Å². The zero-order valence-electron chi connectivity index (χ0n) is 11.9. The monoisotopic (exact) mass is 374 g/mol. The first kappa shape index (κ1) is 14.1. The summed E-state index contributed by atoms with van der Waals surface area (Å²) < 4.78 is 1.68. The molecule has 0 unspecified atom stereocenters. The summed E-state index contributed by atoms with van der Waals surface area (Å²) in [6.45, 7) is 2.89. The summed E-state index contributed by atoms with van der Waals surface area (Å²) in [5.74, 6) is 0. The standard InChI is InChI=1S/C16H15BrN4S/c17-12-1-2-13-10(6-18-15(13)5-12)8-21-4-3-14-11(9-21)7-19-16(22)20-14/h1-2,5-7,18H,3-4,8-9H2,(H,19,20,22). The van der Waals surface area contributed by atoms with Crippen molar-refractivity contribution in [2.24, 2.45) is 0 Å². The molecule has 22 heavy (non-hydrogen) atoms. The van der Waals surface area contributed by atoms with Crippen molar-refractivity contribution in [1.29, 1.82) is 0 Å². The van der Waals surface area contributed by atoms with Gasteiger partial charge in [0.1, 0.15) is 0 Å². The summed E-state index contributed by atoms with van der Waals surface area (Å²) in [6, 6.07) is 6.38. The molecule has 0 saturated heterocycles. The predicted molar refractivity (Wildman–Crippen MR) is 93.2 cm³/mol. The number of nitrogens with zero attached hydrogens (tertiary/aromatic N) is 2. The Kier molecular flexibility index (Phi) is 3.60. The number of hydrogen-bond donors (Lipinski definition) is 2. The molecule has 4 rings (SSSR count). The molecule has 2 N–H and O–H groups in total. The van der Waals surface area contributed by atoms with E-state index in [9.17, 15) is 0 Å². The van der Waals surface area contributed by atoms with E-state index in [1.807, 2.05) is 6.20 Å². The Labute approximate surface area is 141 Å². The Morgan fingerprint density at radius 1 is 1.36 bits per heavy atom. The fourth-order valence-electron chi connectivity index (χ4n) is 3.07.